The second-order valence-electron chi connectivity index (χ2n) is 2.09. The predicted octanol–water partition coefficient (Wildman–Crippen LogP) is 1.77. The first-order valence-electron chi connectivity index (χ1n) is 2.83. The standard InChI is InChI=1S/C7H7F2P/c1-4-2-3-5(8)7(10)6(4)9/h2-3H,10H2,1H3. The van der Waals surface area contributed by atoms with Gasteiger partial charge in [-0.1, -0.05) is 15.3 Å². The minimum absolute atomic E-state index is 0.0139. The van der Waals surface area contributed by atoms with Gasteiger partial charge in [-0.15, -0.1) is 0 Å². The molecule has 0 amide bonds. The van der Waals surface area contributed by atoms with Crippen LogP contribution in [0.15, 0.2) is 12.1 Å². The maximum atomic E-state index is 12.7. The van der Waals surface area contributed by atoms with Crippen molar-refractivity contribution in [3.63, 3.8) is 0 Å². The van der Waals surface area contributed by atoms with Crippen LogP contribution in [0.25, 0.3) is 0 Å². The minimum Gasteiger partial charge on any atom is -0.206 e. The van der Waals surface area contributed by atoms with Gasteiger partial charge < -0.3 is 0 Å². The summed E-state index contributed by atoms with van der Waals surface area (Å²) in [7, 11) is 2.03. The molecule has 1 aromatic rings. The van der Waals surface area contributed by atoms with Crippen molar-refractivity contribution in [1.82, 2.24) is 0 Å². The van der Waals surface area contributed by atoms with E-state index in [1.807, 2.05) is 9.24 Å². The molecule has 0 saturated carbocycles. The lowest BCUT2D eigenvalue weighted by Crippen LogP contribution is -2.05. The highest BCUT2D eigenvalue weighted by atomic mass is 31.0. The van der Waals surface area contributed by atoms with E-state index in [0.29, 0.717) is 5.56 Å². The lowest BCUT2D eigenvalue weighted by Gasteiger charge is -1.99. The summed E-state index contributed by atoms with van der Waals surface area (Å²) in [5.74, 6) is -1.00. The number of hydrogen-bond acceptors (Lipinski definition) is 0. The number of rotatable bonds is 0. The SMILES string of the molecule is Cc1ccc(F)c(P)c1F. The van der Waals surface area contributed by atoms with Crippen LogP contribution < -0.4 is 5.30 Å². The Morgan fingerprint density at radius 2 is 1.90 bits per heavy atom. The van der Waals surface area contributed by atoms with E-state index < -0.39 is 11.6 Å². The molecule has 1 atom stereocenters. The zero-order chi connectivity index (χ0) is 7.72. The number of hydrogen-bond donors (Lipinski definition) is 0. The maximum absolute atomic E-state index is 12.7. The highest BCUT2D eigenvalue weighted by Crippen LogP contribution is 2.08. The summed E-state index contributed by atoms with van der Waals surface area (Å²) < 4.78 is 25.2. The van der Waals surface area contributed by atoms with Crippen LogP contribution in [0.4, 0.5) is 8.78 Å². The van der Waals surface area contributed by atoms with Gasteiger partial charge in [-0.3, -0.25) is 0 Å². The van der Waals surface area contributed by atoms with Crippen molar-refractivity contribution in [3.8, 4) is 0 Å². The van der Waals surface area contributed by atoms with Crippen molar-refractivity contribution < 1.29 is 8.78 Å². The third-order valence-electron chi connectivity index (χ3n) is 1.32. The monoisotopic (exact) mass is 160 g/mol. The van der Waals surface area contributed by atoms with E-state index in [1.165, 1.54) is 12.1 Å². The van der Waals surface area contributed by atoms with Gasteiger partial charge in [-0.2, -0.15) is 0 Å². The van der Waals surface area contributed by atoms with E-state index >= 15 is 0 Å². The van der Waals surface area contributed by atoms with Crippen molar-refractivity contribution in [1.29, 1.82) is 0 Å². The summed E-state index contributed by atoms with van der Waals surface area (Å²) in [6.07, 6.45) is 0. The molecule has 10 heavy (non-hydrogen) atoms. The Kier molecular flexibility index (Phi) is 2.00. The van der Waals surface area contributed by atoms with Crippen LogP contribution in [-0.4, -0.2) is 0 Å². The zero-order valence-corrected chi connectivity index (χ0v) is 6.64. The van der Waals surface area contributed by atoms with Gasteiger partial charge in [0.2, 0.25) is 0 Å². The van der Waals surface area contributed by atoms with Crippen molar-refractivity contribution in [3.05, 3.63) is 29.3 Å². The summed E-state index contributed by atoms with van der Waals surface area (Å²) in [5.41, 5.74) is 0.464. The quantitative estimate of drug-likeness (QED) is 0.507. The Morgan fingerprint density at radius 3 is 2.40 bits per heavy atom. The molecule has 0 aromatic heterocycles. The highest BCUT2D eigenvalue weighted by molar-refractivity contribution is 7.27. The Labute approximate surface area is 60.5 Å². The molecule has 0 nitrogen and oxygen atoms in total. The molecule has 0 saturated heterocycles. The maximum Gasteiger partial charge on any atom is 0.136 e. The van der Waals surface area contributed by atoms with Gasteiger partial charge in [0.1, 0.15) is 11.6 Å². The topological polar surface area (TPSA) is 0 Å². The predicted molar refractivity (Wildman–Crippen MR) is 40.4 cm³/mol. The summed E-state index contributed by atoms with van der Waals surface area (Å²) >= 11 is 0. The van der Waals surface area contributed by atoms with Crippen molar-refractivity contribution in [2.45, 2.75) is 6.92 Å². The molecule has 0 heterocycles. The molecule has 0 aliphatic heterocycles. The van der Waals surface area contributed by atoms with Crippen LogP contribution in [0.5, 0.6) is 0 Å². The lowest BCUT2D eigenvalue weighted by molar-refractivity contribution is 0.593. The highest BCUT2D eigenvalue weighted by Gasteiger charge is 2.04. The average molecular weight is 160 g/mol. The first-order valence-corrected chi connectivity index (χ1v) is 3.40. The van der Waals surface area contributed by atoms with Crippen LogP contribution >= 0.6 is 9.24 Å². The number of benzene rings is 1. The van der Waals surface area contributed by atoms with Crippen LogP contribution in [0.1, 0.15) is 5.56 Å². The molecule has 0 spiro atoms. The van der Waals surface area contributed by atoms with Crippen LogP contribution in [0.2, 0.25) is 0 Å². The Bertz CT molecular complexity index is 231. The molecule has 1 aromatic carbocycles. The lowest BCUT2D eigenvalue weighted by atomic mass is 10.2. The first kappa shape index (κ1) is 7.62. The fourth-order valence-electron chi connectivity index (χ4n) is 0.678. The molecular weight excluding hydrogens is 153 g/mol. The minimum atomic E-state index is -0.520. The number of halogens is 2. The fraction of sp³-hybridized carbons (Fsp3) is 0.143. The van der Waals surface area contributed by atoms with E-state index in [-0.39, 0.29) is 5.30 Å². The molecule has 3 heteroatoms. The number of aryl methyl sites for hydroxylation is 1. The third-order valence-corrected chi connectivity index (χ3v) is 1.85. The van der Waals surface area contributed by atoms with Gasteiger partial charge >= 0.3 is 0 Å². The summed E-state index contributed by atoms with van der Waals surface area (Å²) in [4.78, 5) is 0. The van der Waals surface area contributed by atoms with Gasteiger partial charge in [0.05, 0.1) is 0 Å². The van der Waals surface area contributed by atoms with E-state index in [9.17, 15) is 8.78 Å². The largest absolute Gasteiger partial charge is 0.206 e. The molecule has 54 valence electrons. The molecule has 0 aliphatic rings. The van der Waals surface area contributed by atoms with Gasteiger partial charge in [0.15, 0.2) is 0 Å². The summed E-state index contributed by atoms with van der Waals surface area (Å²) in [5, 5.41) is 0.0139. The van der Waals surface area contributed by atoms with E-state index in [4.69, 9.17) is 0 Å². The van der Waals surface area contributed by atoms with Gasteiger partial charge in [-0.05, 0) is 18.6 Å². The normalized spacial score (nSPS) is 10.0. The molecule has 0 N–H and O–H groups in total. The molecule has 1 unspecified atom stereocenters. The molecule has 0 fully saturated rings. The molecule has 0 radical (unpaired) electrons. The Morgan fingerprint density at radius 1 is 1.30 bits per heavy atom. The van der Waals surface area contributed by atoms with Crippen LogP contribution in [-0.2, 0) is 0 Å². The van der Waals surface area contributed by atoms with Crippen molar-refractivity contribution >= 4 is 14.5 Å². The van der Waals surface area contributed by atoms with E-state index in [1.54, 1.807) is 6.92 Å². The Hall–Kier alpha value is -0.490. The second kappa shape index (κ2) is 2.63. The summed E-state index contributed by atoms with van der Waals surface area (Å²) in [6, 6.07) is 2.67. The second-order valence-corrected chi connectivity index (χ2v) is 2.67. The molecule has 0 aliphatic carbocycles. The van der Waals surface area contributed by atoms with Gasteiger partial charge in [0, 0.05) is 5.30 Å². The third kappa shape index (κ3) is 1.17. The van der Waals surface area contributed by atoms with Gasteiger partial charge in [-0.25, -0.2) is 8.78 Å². The molecule has 1 rings (SSSR count). The van der Waals surface area contributed by atoms with E-state index in [2.05, 4.69) is 0 Å². The van der Waals surface area contributed by atoms with Crippen LogP contribution in [0, 0.1) is 18.6 Å². The first-order chi connectivity index (χ1) is 4.63. The fourth-order valence-corrected chi connectivity index (χ4v) is 1.00. The molecular formula is C7H7F2P. The average Bonchev–Trinajstić information content (AvgIpc) is 1.93. The summed E-state index contributed by atoms with van der Waals surface area (Å²) in [6.45, 7) is 1.60. The van der Waals surface area contributed by atoms with Crippen molar-refractivity contribution in [2.75, 3.05) is 0 Å². The van der Waals surface area contributed by atoms with Crippen LogP contribution in [0.3, 0.4) is 0 Å². The van der Waals surface area contributed by atoms with E-state index in [0.717, 1.165) is 0 Å². The Balaban J connectivity index is 3.34. The van der Waals surface area contributed by atoms with Crippen molar-refractivity contribution in [2.24, 2.45) is 0 Å². The molecule has 0 bridgehead atoms. The smallest absolute Gasteiger partial charge is 0.136 e. The van der Waals surface area contributed by atoms with Gasteiger partial charge in [0.25, 0.3) is 0 Å². The zero-order valence-electron chi connectivity index (χ0n) is 5.49.